The van der Waals surface area contributed by atoms with E-state index < -0.39 is 0 Å². The first-order chi connectivity index (χ1) is 10.6. The quantitative estimate of drug-likeness (QED) is 0.223. The Morgan fingerprint density at radius 1 is 1.26 bits per heavy atom. The van der Waals surface area contributed by atoms with Gasteiger partial charge >= 0.3 is 0 Å². The molecule has 3 N–H and O–H groups in total. The van der Waals surface area contributed by atoms with Gasteiger partial charge in [-0.3, -0.25) is 4.99 Å². The van der Waals surface area contributed by atoms with Gasteiger partial charge in [0.25, 0.3) is 0 Å². The molecule has 1 fully saturated rings. The second-order valence-electron chi connectivity index (χ2n) is 6.44. The van der Waals surface area contributed by atoms with Crippen LogP contribution in [0.1, 0.15) is 59.3 Å². The van der Waals surface area contributed by atoms with Gasteiger partial charge in [-0.2, -0.15) is 0 Å². The molecule has 0 aromatic heterocycles. The minimum atomic E-state index is -0.223. The standard InChI is InChI=1S/C17H35N3O2.HI/c1-4-18-16(19-12-8-9-13-22-5-2)20-14-17(3)11-7-6-10-15(17)21;/h15,21H,4-14H2,1-3H3,(H2,18,19,20);1H. The molecular weight excluding hydrogens is 405 g/mol. The number of aliphatic hydroxyl groups is 1. The number of aliphatic imine (C=N–C) groups is 1. The van der Waals surface area contributed by atoms with Crippen LogP contribution >= 0.6 is 24.0 Å². The van der Waals surface area contributed by atoms with Gasteiger partial charge in [0.1, 0.15) is 0 Å². The summed E-state index contributed by atoms with van der Waals surface area (Å²) in [4.78, 5) is 4.70. The van der Waals surface area contributed by atoms with Crippen molar-refractivity contribution in [1.82, 2.24) is 10.6 Å². The molecule has 0 amide bonds. The van der Waals surface area contributed by atoms with Crippen LogP contribution in [-0.2, 0) is 4.74 Å². The van der Waals surface area contributed by atoms with E-state index in [1.54, 1.807) is 0 Å². The van der Waals surface area contributed by atoms with Crippen LogP contribution in [0, 0.1) is 5.41 Å². The number of aliphatic hydroxyl groups excluding tert-OH is 1. The molecular formula is C17H36IN3O2. The molecule has 0 bridgehead atoms. The number of nitrogens with one attached hydrogen (secondary N) is 2. The molecule has 0 spiro atoms. The van der Waals surface area contributed by atoms with Crippen LogP contribution in [-0.4, -0.2) is 50.0 Å². The maximum absolute atomic E-state index is 10.2. The average molecular weight is 441 g/mol. The third kappa shape index (κ3) is 9.10. The fourth-order valence-corrected chi connectivity index (χ4v) is 2.85. The van der Waals surface area contributed by atoms with Crippen LogP contribution in [0.4, 0.5) is 0 Å². The molecule has 0 aromatic carbocycles. The SMILES string of the molecule is CCNC(=NCC1(C)CCCCC1O)NCCCCOCC.I. The first kappa shape index (κ1) is 22.9. The third-order valence-corrected chi connectivity index (χ3v) is 4.43. The van der Waals surface area contributed by atoms with Crippen molar-refractivity contribution in [3.8, 4) is 0 Å². The summed E-state index contributed by atoms with van der Waals surface area (Å²) in [6.45, 7) is 10.3. The lowest BCUT2D eigenvalue weighted by molar-refractivity contribution is 0.00716. The lowest BCUT2D eigenvalue weighted by Crippen LogP contribution is -2.42. The summed E-state index contributed by atoms with van der Waals surface area (Å²) in [6, 6.07) is 0. The fourth-order valence-electron chi connectivity index (χ4n) is 2.85. The molecule has 0 aliphatic heterocycles. The largest absolute Gasteiger partial charge is 0.392 e. The maximum Gasteiger partial charge on any atom is 0.191 e. The van der Waals surface area contributed by atoms with Gasteiger partial charge in [0.2, 0.25) is 0 Å². The van der Waals surface area contributed by atoms with Gasteiger partial charge in [-0.1, -0.05) is 19.8 Å². The highest BCUT2D eigenvalue weighted by molar-refractivity contribution is 14.0. The molecule has 0 saturated heterocycles. The Bertz CT molecular complexity index is 329. The smallest absolute Gasteiger partial charge is 0.191 e. The second kappa shape index (κ2) is 13.2. The molecule has 138 valence electrons. The summed E-state index contributed by atoms with van der Waals surface area (Å²) in [7, 11) is 0. The summed E-state index contributed by atoms with van der Waals surface area (Å²) in [5, 5.41) is 16.9. The Kier molecular flexibility index (Phi) is 13.2. The van der Waals surface area contributed by atoms with E-state index in [1.165, 1.54) is 6.42 Å². The van der Waals surface area contributed by atoms with Gasteiger partial charge in [-0.25, -0.2) is 0 Å². The van der Waals surface area contributed by atoms with Crippen molar-refractivity contribution in [3.05, 3.63) is 0 Å². The van der Waals surface area contributed by atoms with Crippen LogP contribution in [0.3, 0.4) is 0 Å². The molecule has 23 heavy (non-hydrogen) atoms. The van der Waals surface area contributed by atoms with Crippen molar-refractivity contribution < 1.29 is 9.84 Å². The summed E-state index contributed by atoms with van der Waals surface area (Å²) in [5.41, 5.74) is -0.0738. The molecule has 1 saturated carbocycles. The van der Waals surface area contributed by atoms with Gasteiger partial charge in [0, 0.05) is 31.7 Å². The Hall–Kier alpha value is -0.0800. The Balaban J connectivity index is 0.00000484. The van der Waals surface area contributed by atoms with Crippen LogP contribution in [0.5, 0.6) is 0 Å². The van der Waals surface area contributed by atoms with E-state index in [0.29, 0.717) is 6.54 Å². The number of halogens is 1. The van der Waals surface area contributed by atoms with Crippen molar-refractivity contribution in [1.29, 1.82) is 0 Å². The fraction of sp³-hybridized carbons (Fsp3) is 0.941. The molecule has 5 nitrogen and oxygen atoms in total. The van der Waals surface area contributed by atoms with Gasteiger partial charge < -0.3 is 20.5 Å². The molecule has 1 aliphatic rings. The van der Waals surface area contributed by atoms with Gasteiger partial charge in [-0.15, -0.1) is 24.0 Å². The minimum absolute atomic E-state index is 0. The summed E-state index contributed by atoms with van der Waals surface area (Å²) < 4.78 is 5.34. The number of hydrogen-bond acceptors (Lipinski definition) is 3. The first-order valence-corrected chi connectivity index (χ1v) is 8.90. The van der Waals surface area contributed by atoms with Gasteiger partial charge in [0.15, 0.2) is 5.96 Å². The highest BCUT2D eigenvalue weighted by Gasteiger charge is 2.35. The van der Waals surface area contributed by atoms with Crippen molar-refractivity contribution in [2.24, 2.45) is 10.4 Å². The Morgan fingerprint density at radius 3 is 2.70 bits per heavy atom. The minimum Gasteiger partial charge on any atom is -0.392 e. The number of nitrogens with zero attached hydrogens (tertiary/aromatic N) is 1. The third-order valence-electron chi connectivity index (χ3n) is 4.43. The number of hydrogen-bond donors (Lipinski definition) is 3. The number of unbranched alkanes of at least 4 members (excludes halogenated alkanes) is 1. The van der Waals surface area contributed by atoms with E-state index in [4.69, 9.17) is 9.73 Å². The first-order valence-electron chi connectivity index (χ1n) is 8.90. The van der Waals surface area contributed by atoms with Gasteiger partial charge in [-0.05, 0) is 39.5 Å². The lowest BCUT2D eigenvalue weighted by Gasteiger charge is -2.37. The monoisotopic (exact) mass is 441 g/mol. The van der Waals surface area contributed by atoms with Crippen LogP contribution in [0.15, 0.2) is 4.99 Å². The van der Waals surface area contributed by atoms with Crippen molar-refractivity contribution in [2.75, 3.05) is 32.8 Å². The van der Waals surface area contributed by atoms with E-state index in [-0.39, 0.29) is 35.5 Å². The van der Waals surface area contributed by atoms with Crippen molar-refractivity contribution in [2.45, 2.75) is 65.4 Å². The average Bonchev–Trinajstić information content (AvgIpc) is 2.51. The van der Waals surface area contributed by atoms with E-state index in [1.807, 2.05) is 6.92 Å². The van der Waals surface area contributed by atoms with E-state index in [2.05, 4.69) is 24.5 Å². The number of rotatable bonds is 9. The Labute approximate surface area is 159 Å². The predicted octanol–water partition coefficient (Wildman–Crippen LogP) is 2.92. The highest BCUT2D eigenvalue weighted by atomic mass is 127. The summed E-state index contributed by atoms with van der Waals surface area (Å²) in [6.07, 6.45) is 6.22. The zero-order valence-corrected chi connectivity index (χ0v) is 17.4. The molecule has 0 heterocycles. The topological polar surface area (TPSA) is 65.9 Å². The molecule has 1 aliphatic carbocycles. The van der Waals surface area contributed by atoms with Gasteiger partial charge in [0.05, 0.1) is 12.6 Å². The zero-order valence-electron chi connectivity index (χ0n) is 15.1. The number of guanidine groups is 1. The Morgan fingerprint density at radius 2 is 2.04 bits per heavy atom. The molecule has 2 atom stereocenters. The highest BCUT2D eigenvalue weighted by Crippen LogP contribution is 2.36. The summed E-state index contributed by atoms with van der Waals surface area (Å²) in [5.74, 6) is 0.859. The van der Waals surface area contributed by atoms with Crippen LogP contribution in [0.25, 0.3) is 0 Å². The second-order valence-corrected chi connectivity index (χ2v) is 6.44. The molecule has 6 heteroatoms. The van der Waals surface area contributed by atoms with Crippen LogP contribution in [0.2, 0.25) is 0 Å². The molecule has 0 radical (unpaired) electrons. The summed E-state index contributed by atoms with van der Waals surface area (Å²) >= 11 is 0. The predicted molar refractivity (Wildman–Crippen MR) is 108 cm³/mol. The zero-order chi connectivity index (χ0) is 16.3. The van der Waals surface area contributed by atoms with E-state index in [9.17, 15) is 5.11 Å². The normalized spacial score (nSPS) is 24.9. The van der Waals surface area contributed by atoms with E-state index >= 15 is 0 Å². The number of ether oxygens (including phenoxy) is 1. The van der Waals surface area contributed by atoms with Crippen molar-refractivity contribution in [3.63, 3.8) is 0 Å². The maximum atomic E-state index is 10.2. The van der Waals surface area contributed by atoms with Crippen LogP contribution < -0.4 is 10.6 Å². The lowest BCUT2D eigenvalue weighted by atomic mass is 9.73. The molecule has 2 unspecified atom stereocenters. The molecule has 0 aromatic rings. The van der Waals surface area contributed by atoms with Crippen molar-refractivity contribution >= 4 is 29.9 Å². The van der Waals surface area contributed by atoms with E-state index in [0.717, 1.165) is 64.4 Å². The molecule has 1 rings (SSSR count).